The van der Waals surface area contributed by atoms with Crippen LogP contribution in [0.3, 0.4) is 0 Å². The Bertz CT molecular complexity index is 252. The molecule has 1 aliphatic rings. The fraction of sp³-hybridized carbons (Fsp3) is 0.500. The number of halogens is 1. The third kappa shape index (κ3) is 2.73. The molecular weight excluding hydrogens is 194 g/mol. The Morgan fingerprint density at radius 2 is 1.50 bits per heavy atom. The highest BCUT2D eigenvalue weighted by atomic mass is 35.5. The molecule has 78 valence electrons. The van der Waals surface area contributed by atoms with Crippen LogP contribution >= 0.6 is 12.4 Å². The third-order valence-electron chi connectivity index (χ3n) is 3.04. The Kier molecular flexibility index (Phi) is 4.43. The van der Waals surface area contributed by atoms with E-state index >= 15 is 0 Å². The summed E-state index contributed by atoms with van der Waals surface area (Å²) in [6.45, 7) is 0. The van der Waals surface area contributed by atoms with Crippen molar-refractivity contribution >= 4 is 12.4 Å². The smallest absolute Gasteiger partial charge is 0.00392 e. The molecule has 14 heavy (non-hydrogen) atoms. The van der Waals surface area contributed by atoms with Crippen molar-refractivity contribution in [1.29, 1.82) is 0 Å². The number of nitrogens with two attached hydrogens (primary N) is 1. The summed E-state index contributed by atoms with van der Waals surface area (Å²) in [7, 11) is 0. The molecule has 0 amide bonds. The van der Waals surface area contributed by atoms with Gasteiger partial charge in [0.25, 0.3) is 0 Å². The van der Waals surface area contributed by atoms with Crippen LogP contribution in [0.25, 0.3) is 0 Å². The Labute approximate surface area is 92.1 Å². The molecule has 1 fully saturated rings. The number of rotatable bonds is 1. The summed E-state index contributed by atoms with van der Waals surface area (Å²) in [5.74, 6) is 0.765. The predicted octanol–water partition coefficient (Wildman–Crippen LogP) is 3.09. The van der Waals surface area contributed by atoms with Crippen molar-refractivity contribution in [1.82, 2.24) is 0 Å². The van der Waals surface area contributed by atoms with E-state index in [2.05, 4.69) is 30.3 Å². The molecule has 0 saturated heterocycles. The highest BCUT2D eigenvalue weighted by Crippen LogP contribution is 2.31. The van der Waals surface area contributed by atoms with Gasteiger partial charge >= 0.3 is 0 Å². The minimum absolute atomic E-state index is 0. The summed E-state index contributed by atoms with van der Waals surface area (Å²) in [5, 5.41) is 0. The van der Waals surface area contributed by atoms with Gasteiger partial charge in [-0.15, -0.1) is 12.4 Å². The van der Waals surface area contributed by atoms with Gasteiger partial charge in [0.1, 0.15) is 0 Å². The lowest BCUT2D eigenvalue weighted by Gasteiger charge is -2.26. The van der Waals surface area contributed by atoms with E-state index in [0.717, 1.165) is 5.92 Å². The summed E-state index contributed by atoms with van der Waals surface area (Å²) in [5.41, 5.74) is 7.37. The molecule has 0 bridgehead atoms. The highest BCUT2D eigenvalue weighted by molar-refractivity contribution is 5.85. The van der Waals surface area contributed by atoms with Crippen LogP contribution in [-0.2, 0) is 0 Å². The van der Waals surface area contributed by atoms with E-state index in [9.17, 15) is 0 Å². The second-order valence-electron chi connectivity index (χ2n) is 4.02. The second kappa shape index (κ2) is 5.38. The van der Waals surface area contributed by atoms with E-state index in [0.29, 0.717) is 6.04 Å². The molecule has 1 aromatic rings. The van der Waals surface area contributed by atoms with Gasteiger partial charge in [-0.2, -0.15) is 0 Å². The molecule has 1 aromatic carbocycles. The molecule has 0 unspecified atom stereocenters. The van der Waals surface area contributed by atoms with Gasteiger partial charge in [0.05, 0.1) is 0 Å². The maximum absolute atomic E-state index is 5.88. The predicted molar refractivity (Wildman–Crippen MR) is 62.9 cm³/mol. The van der Waals surface area contributed by atoms with Crippen LogP contribution in [0.1, 0.15) is 37.2 Å². The minimum Gasteiger partial charge on any atom is -0.328 e. The molecule has 0 aliphatic heterocycles. The van der Waals surface area contributed by atoms with Crippen LogP contribution in [0.2, 0.25) is 0 Å². The molecule has 2 N–H and O–H groups in total. The molecule has 0 heterocycles. The summed E-state index contributed by atoms with van der Waals surface area (Å²) in [6, 6.07) is 11.3. The number of hydrogen-bond acceptors (Lipinski definition) is 1. The lowest BCUT2D eigenvalue weighted by atomic mass is 9.82. The Morgan fingerprint density at radius 1 is 0.929 bits per heavy atom. The van der Waals surface area contributed by atoms with Gasteiger partial charge in [0.2, 0.25) is 0 Å². The highest BCUT2D eigenvalue weighted by Gasteiger charge is 2.19. The molecule has 2 heteroatoms. The van der Waals surface area contributed by atoms with E-state index in [1.54, 1.807) is 0 Å². The molecule has 0 atom stereocenters. The lowest BCUT2D eigenvalue weighted by Crippen LogP contribution is -2.25. The minimum atomic E-state index is 0. The fourth-order valence-corrected chi connectivity index (χ4v) is 2.18. The van der Waals surface area contributed by atoms with E-state index < -0.39 is 0 Å². The lowest BCUT2D eigenvalue weighted by molar-refractivity contribution is 0.395. The van der Waals surface area contributed by atoms with Crippen molar-refractivity contribution in [3.8, 4) is 0 Å². The van der Waals surface area contributed by atoms with Gasteiger partial charge in [-0.1, -0.05) is 30.3 Å². The fourth-order valence-electron chi connectivity index (χ4n) is 2.18. The zero-order valence-electron chi connectivity index (χ0n) is 8.36. The van der Waals surface area contributed by atoms with Gasteiger partial charge in [-0.05, 0) is 37.2 Å². The Hall–Kier alpha value is -0.530. The standard InChI is InChI=1S/C12H17N.ClH/c13-12-8-6-11(7-9-12)10-4-2-1-3-5-10;/h1-5,11-12H,6-9,13H2;1H. The summed E-state index contributed by atoms with van der Waals surface area (Å²) >= 11 is 0. The molecule has 0 radical (unpaired) electrons. The summed E-state index contributed by atoms with van der Waals surface area (Å²) in [6.07, 6.45) is 4.93. The van der Waals surface area contributed by atoms with Crippen LogP contribution in [0.5, 0.6) is 0 Å². The van der Waals surface area contributed by atoms with E-state index in [1.165, 1.54) is 31.2 Å². The Balaban J connectivity index is 0.000000980. The first-order valence-corrected chi connectivity index (χ1v) is 5.17. The van der Waals surface area contributed by atoms with Crippen LogP contribution in [0.4, 0.5) is 0 Å². The maximum atomic E-state index is 5.88. The van der Waals surface area contributed by atoms with E-state index in [1.807, 2.05) is 0 Å². The number of benzene rings is 1. The molecule has 1 saturated carbocycles. The van der Waals surface area contributed by atoms with Crippen LogP contribution in [-0.4, -0.2) is 6.04 Å². The SMILES string of the molecule is Cl.NC1CCC(c2ccccc2)CC1. The number of hydrogen-bond donors (Lipinski definition) is 1. The average molecular weight is 212 g/mol. The quantitative estimate of drug-likeness (QED) is 0.759. The van der Waals surface area contributed by atoms with Crippen molar-refractivity contribution in [2.75, 3.05) is 0 Å². The van der Waals surface area contributed by atoms with E-state index in [4.69, 9.17) is 5.73 Å². The zero-order valence-corrected chi connectivity index (χ0v) is 9.17. The average Bonchev–Trinajstić information content (AvgIpc) is 2.20. The van der Waals surface area contributed by atoms with Gasteiger partial charge in [0.15, 0.2) is 0 Å². The normalized spacial score (nSPS) is 26.6. The van der Waals surface area contributed by atoms with Crippen LogP contribution < -0.4 is 5.73 Å². The van der Waals surface area contributed by atoms with Gasteiger partial charge in [0, 0.05) is 6.04 Å². The van der Waals surface area contributed by atoms with Crippen molar-refractivity contribution in [3.05, 3.63) is 35.9 Å². The van der Waals surface area contributed by atoms with Crippen molar-refractivity contribution < 1.29 is 0 Å². The van der Waals surface area contributed by atoms with Crippen LogP contribution in [0, 0.1) is 0 Å². The van der Waals surface area contributed by atoms with Crippen molar-refractivity contribution in [3.63, 3.8) is 0 Å². The third-order valence-corrected chi connectivity index (χ3v) is 3.04. The monoisotopic (exact) mass is 211 g/mol. The second-order valence-corrected chi connectivity index (χ2v) is 4.02. The maximum Gasteiger partial charge on any atom is 0.00392 e. The summed E-state index contributed by atoms with van der Waals surface area (Å²) in [4.78, 5) is 0. The topological polar surface area (TPSA) is 26.0 Å². The largest absolute Gasteiger partial charge is 0.328 e. The first-order valence-electron chi connectivity index (χ1n) is 5.17. The molecule has 1 nitrogen and oxygen atoms in total. The zero-order chi connectivity index (χ0) is 9.10. The first kappa shape index (κ1) is 11.5. The first-order chi connectivity index (χ1) is 6.36. The van der Waals surface area contributed by atoms with Crippen molar-refractivity contribution in [2.24, 2.45) is 5.73 Å². The van der Waals surface area contributed by atoms with Crippen molar-refractivity contribution in [2.45, 2.75) is 37.6 Å². The van der Waals surface area contributed by atoms with Crippen LogP contribution in [0.15, 0.2) is 30.3 Å². The van der Waals surface area contributed by atoms with Gasteiger partial charge < -0.3 is 5.73 Å². The molecule has 0 spiro atoms. The molecule has 0 aromatic heterocycles. The molecule has 1 aliphatic carbocycles. The van der Waals surface area contributed by atoms with Gasteiger partial charge in [-0.25, -0.2) is 0 Å². The molecular formula is C12H18ClN. The summed E-state index contributed by atoms with van der Waals surface area (Å²) < 4.78 is 0. The molecule has 2 rings (SSSR count). The van der Waals surface area contributed by atoms with Gasteiger partial charge in [-0.3, -0.25) is 0 Å². The Morgan fingerprint density at radius 3 is 2.07 bits per heavy atom. The van der Waals surface area contributed by atoms with E-state index in [-0.39, 0.29) is 12.4 Å².